The van der Waals surface area contributed by atoms with Gasteiger partial charge in [-0.3, -0.25) is 4.79 Å². The highest BCUT2D eigenvalue weighted by Crippen LogP contribution is 2.17. The average Bonchev–Trinajstić information content (AvgIpc) is 2.46. The highest BCUT2D eigenvalue weighted by atomic mass is 35.5. The fraction of sp³-hybridized carbons (Fsp3) is 0.538. The van der Waals surface area contributed by atoms with Crippen molar-refractivity contribution in [1.82, 2.24) is 9.88 Å². The normalized spacial score (nSPS) is 12.1. The molecule has 0 aliphatic carbocycles. The predicted molar refractivity (Wildman–Crippen MR) is 79.7 cm³/mol. The van der Waals surface area contributed by atoms with E-state index in [1.54, 1.807) is 18.1 Å². The molecule has 1 aromatic heterocycles. The number of amides is 1. The monoisotopic (exact) mass is 300 g/mol. The fourth-order valence-corrected chi connectivity index (χ4v) is 2.00. The molecule has 0 saturated carbocycles. The summed E-state index contributed by atoms with van der Waals surface area (Å²) in [6, 6.07) is 3.22. The molecule has 7 heteroatoms. The van der Waals surface area contributed by atoms with Gasteiger partial charge in [-0.15, -0.1) is 0 Å². The molecular weight excluding hydrogens is 280 g/mol. The third-order valence-corrected chi connectivity index (χ3v) is 3.30. The second-order valence-electron chi connectivity index (χ2n) is 4.46. The van der Waals surface area contributed by atoms with Crippen LogP contribution in [0.4, 0.5) is 5.82 Å². The third kappa shape index (κ3) is 4.33. The van der Waals surface area contributed by atoms with Gasteiger partial charge in [-0.1, -0.05) is 18.5 Å². The van der Waals surface area contributed by atoms with Crippen LogP contribution in [0, 0.1) is 0 Å². The smallest absolute Gasteiger partial charge is 0.254 e. The summed E-state index contributed by atoms with van der Waals surface area (Å²) in [5.74, 6) is 5.56. The van der Waals surface area contributed by atoms with E-state index in [0.29, 0.717) is 24.5 Å². The van der Waals surface area contributed by atoms with E-state index < -0.39 is 0 Å². The van der Waals surface area contributed by atoms with Crippen molar-refractivity contribution in [2.24, 2.45) is 5.84 Å². The second-order valence-corrected chi connectivity index (χ2v) is 4.84. The molecule has 112 valence electrons. The van der Waals surface area contributed by atoms with Gasteiger partial charge in [0, 0.05) is 25.3 Å². The Balaban J connectivity index is 3.01. The molecule has 1 aromatic rings. The SMILES string of the molecule is CCC(C)N(CCOC)C(=O)c1cc(Cl)nc(NN)c1. The summed E-state index contributed by atoms with van der Waals surface area (Å²) in [7, 11) is 1.61. The highest BCUT2D eigenvalue weighted by molar-refractivity contribution is 6.29. The molecule has 0 spiro atoms. The predicted octanol–water partition coefficient (Wildman–Crippen LogP) is 1.91. The van der Waals surface area contributed by atoms with E-state index in [-0.39, 0.29) is 17.1 Å². The first-order chi connectivity index (χ1) is 9.53. The van der Waals surface area contributed by atoms with Gasteiger partial charge in [0.25, 0.3) is 5.91 Å². The van der Waals surface area contributed by atoms with Crippen LogP contribution in [0.3, 0.4) is 0 Å². The van der Waals surface area contributed by atoms with Crippen molar-refractivity contribution in [3.63, 3.8) is 0 Å². The summed E-state index contributed by atoms with van der Waals surface area (Å²) in [4.78, 5) is 18.3. The van der Waals surface area contributed by atoms with Crippen LogP contribution in [0.25, 0.3) is 0 Å². The maximum absolute atomic E-state index is 12.6. The largest absolute Gasteiger partial charge is 0.383 e. The summed E-state index contributed by atoms with van der Waals surface area (Å²) < 4.78 is 5.06. The summed E-state index contributed by atoms with van der Waals surface area (Å²) in [5, 5.41) is 0.222. The van der Waals surface area contributed by atoms with E-state index in [0.717, 1.165) is 6.42 Å². The Morgan fingerprint density at radius 2 is 2.30 bits per heavy atom. The van der Waals surface area contributed by atoms with Crippen molar-refractivity contribution in [3.05, 3.63) is 22.8 Å². The lowest BCUT2D eigenvalue weighted by Gasteiger charge is -2.28. The molecule has 1 rings (SSSR count). The van der Waals surface area contributed by atoms with Gasteiger partial charge >= 0.3 is 0 Å². The molecule has 6 nitrogen and oxygen atoms in total. The van der Waals surface area contributed by atoms with Crippen molar-refractivity contribution < 1.29 is 9.53 Å². The van der Waals surface area contributed by atoms with E-state index in [9.17, 15) is 4.79 Å². The number of nitrogens with two attached hydrogens (primary N) is 1. The average molecular weight is 301 g/mol. The van der Waals surface area contributed by atoms with Gasteiger partial charge in [0.15, 0.2) is 0 Å². The Morgan fingerprint density at radius 1 is 1.60 bits per heavy atom. The standard InChI is InChI=1S/C13H21ClN4O2/c1-4-9(2)18(5-6-20-3)13(19)10-7-11(14)16-12(8-10)17-15/h7-9H,4-6,15H2,1-3H3,(H,16,17). The number of rotatable bonds is 7. The molecular formula is C13H21ClN4O2. The maximum atomic E-state index is 12.6. The fourth-order valence-electron chi connectivity index (χ4n) is 1.79. The Bertz CT molecular complexity index is 456. The first-order valence-electron chi connectivity index (χ1n) is 6.47. The van der Waals surface area contributed by atoms with Crippen LogP contribution in [0.1, 0.15) is 30.6 Å². The zero-order valence-corrected chi connectivity index (χ0v) is 12.8. The number of hydrogen-bond donors (Lipinski definition) is 2. The summed E-state index contributed by atoms with van der Waals surface area (Å²) in [5.41, 5.74) is 2.85. The van der Waals surface area contributed by atoms with Gasteiger partial charge in [0.2, 0.25) is 0 Å². The van der Waals surface area contributed by atoms with Crippen LogP contribution in [0.15, 0.2) is 12.1 Å². The number of aromatic nitrogens is 1. The van der Waals surface area contributed by atoms with Gasteiger partial charge in [-0.25, -0.2) is 10.8 Å². The van der Waals surface area contributed by atoms with Crippen molar-refractivity contribution in [2.75, 3.05) is 25.7 Å². The number of hydrazine groups is 1. The highest BCUT2D eigenvalue weighted by Gasteiger charge is 2.21. The number of nitrogen functional groups attached to an aromatic ring is 1. The van der Waals surface area contributed by atoms with Crippen LogP contribution in [-0.4, -0.2) is 42.1 Å². The third-order valence-electron chi connectivity index (χ3n) is 3.11. The second kappa shape index (κ2) is 8.04. The lowest BCUT2D eigenvalue weighted by atomic mass is 10.1. The number of methoxy groups -OCH3 is 1. The molecule has 0 aliphatic rings. The number of nitrogens with one attached hydrogen (secondary N) is 1. The first kappa shape index (κ1) is 16.7. The number of anilines is 1. The Morgan fingerprint density at radius 3 is 2.85 bits per heavy atom. The van der Waals surface area contributed by atoms with Gasteiger partial charge < -0.3 is 15.1 Å². The van der Waals surface area contributed by atoms with E-state index in [1.807, 2.05) is 13.8 Å². The minimum atomic E-state index is -0.114. The van der Waals surface area contributed by atoms with Gasteiger partial charge in [-0.05, 0) is 25.5 Å². The number of nitrogens with zero attached hydrogens (tertiary/aromatic N) is 2. The summed E-state index contributed by atoms with van der Waals surface area (Å²) in [6.07, 6.45) is 0.857. The van der Waals surface area contributed by atoms with Crippen molar-refractivity contribution >= 4 is 23.3 Å². The van der Waals surface area contributed by atoms with Gasteiger partial charge in [-0.2, -0.15) is 0 Å². The molecule has 1 unspecified atom stereocenters. The van der Waals surface area contributed by atoms with Crippen LogP contribution in [-0.2, 0) is 4.74 Å². The Hall–Kier alpha value is -1.37. The Kier molecular flexibility index (Phi) is 6.70. The number of carbonyl (C=O) groups excluding carboxylic acids is 1. The number of pyridine rings is 1. The van der Waals surface area contributed by atoms with E-state index in [1.165, 1.54) is 6.07 Å². The number of hydrogen-bond acceptors (Lipinski definition) is 5. The van der Waals surface area contributed by atoms with E-state index in [4.69, 9.17) is 22.2 Å². The number of carbonyl (C=O) groups is 1. The molecule has 0 aromatic carbocycles. The first-order valence-corrected chi connectivity index (χ1v) is 6.85. The molecule has 3 N–H and O–H groups in total. The summed E-state index contributed by atoms with van der Waals surface area (Å²) in [6.45, 7) is 5.04. The van der Waals surface area contributed by atoms with Gasteiger partial charge in [0.05, 0.1) is 6.61 Å². The van der Waals surface area contributed by atoms with Crippen molar-refractivity contribution in [3.8, 4) is 0 Å². The van der Waals surface area contributed by atoms with Crippen LogP contribution in [0.5, 0.6) is 0 Å². The quantitative estimate of drug-likeness (QED) is 0.457. The van der Waals surface area contributed by atoms with Gasteiger partial charge in [0.1, 0.15) is 11.0 Å². The topological polar surface area (TPSA) is 80.5 Å². The number of halogens is 1. The van der Waals surface area contributed by atoms with E-state index in [2.05, 4.69) is 10.4 Å². The molecule has 0 fully saturated rings. The zero-order chi connectivity index (χ0) is 15.1. The molecule has 1 heterocycles. The molecule has 0 bridgehead atoms. The number of ether oxygens (including phenoxy) is 1. The van der Waals surface area contributed by atoms with Crippen molar-refractivity contribution in [1.29, 1.82) is 0 Å². The molecule has 1 atom stereocenters. The van der Waals surface area contributed by atoms with E-state index >= 15 is 0 Å². The van der Waals surface area contributed by atoms with Crippen LogP contribution < -0.4 is 11.3 Å². The minimum absolute atomic E-state index is 0.110. The zero-order valence-electron chi connectivity index (χ0n) is 12.0. The minimum Gasteiger partial charge on any atom is -0.383 e. The molecule has 20 heavy (non-hydrogen) atoms. The summed E-state index contributed by atoms with van der Waals surface area (Å²) >= 11 is 5.89. The lowest BCUT2D eigenvalue weighted by molar-refractivity contribution is 0.0614. The molecule has 0 aliphatic heterocycles. The molecule has 0 radical (unpaired) electrons. The van der Waals surface area contributed by atoms with Crippen LogP contribution >= 0.6 is 11.6 Å². The van der Waals surface area contributed by atoms with Crippen molar-refractivity contribution in [2.45, 2.75) is 26.3 Å². The molecule has 0 saturated heterocycles. The Labute approximate surface area is 124 Å². The lowest BCUT2D eigenvalue weighted by Crippen LogP contribution is -2.40. The maximum Gasteiger partial charge on any atom is 0.254 e. The van der Waals surface area contributed by atoms with Crippen LogP contribution in [0.2, 0.25) is 5.15 Å². The molecule has 1 amide bonds.